The van der Waals surface area contributed by atoms with Gasteiger partial charge in [0, 0.05) is 34.1 Å². The number of ether oxygens (including phenoxy) is 1. The van der Waals surface area contributed by atoms with Crippen LogP contribution in [0.4, 0.5) is 5.69 Å². The summed E-state index contributed by atoms with van der Waals surface area (Å²) < 4.78 is 6.55. The number of hydrogen-bond donors (Lipinski definition) is 2. The van der Waals surface area contributed by atoms with Gasteiger partial charge in [-0.15, -0.1) is 0 Å². The van der Waals surface area contributed by atoms with Crippen LogP contribution < -0.4 is 15.5 Å². The molecule has 0 aliphatic rings. The monoisotopic (exact) mass is 547 g/mol. The summed E-state index contributed by atoms with van der Waals surface area (Å²) in [6.07, 6.45) is 1.53. The molecule has 0 saturated carbocycles. The van der Waals surface area contributed by atoms with Gasteiger partial charge in [0.2, 0.25) is 11.8 Å². The van der Waals surface area contributed by atoms with Crippen molar-refractivity contribution < 1.29 is 14.3 Å². The molecule has 0 aliphatic carbocycles. The summed E-state index contributed by atoms with van der Waals surface area (Å²) in [5.74, 6) is 0.000722. The van der Waals surface area contributed by atoms with Crippen LogP contribution in [0.1, 0.15) is 24.0 Å². The predicted octanol–water partition coefficient (Wildman–Crippen LogP) is 6.20. The van der Waals surface area contributed by atoms with Gasteiger partial charge in [-0.2, -0.15) is 5.10 Å². The van der Waals surface area contributed by atoms with Crippen LogP contribution in [0.2, 0.25) is 10.0 Å². The normalized spacial score (nSPS) is 10.8. The van der Waals surface area contributed by atoms with E-state index in [9.17, 15) is 9.59 Å². The van der Waals surface area contributed by atoms with E-state index in [-0.39, 0.29) is 24.7 Å². The summed E-state index contributed by atoms with van der Waals surface area (Å²) in [5, 5.41) is 7.80. The number of hydrazone groups is 1. The van der Waals surface area contributed by atoms with E-state index in [1.54, 1.807) is 36.4 Å². The van der Waals surface area contributed by atoms with Gasteiger partial charge < -0.3 is 10.1 Å². The third-order valence-electron chi connectivity index (χ3n) is 4.39. The largest absolute Gasteiger partial charge is 0.488 e. The Bertz CT molecular complexity index is 1170. The maximum Gasteiger partial charge on any atom is 0.240 e. The Balaban J connectivity index is 1.43. The fourth-order valence-electron chi connectivity index (χ4n) is 2.74. The molecular formula is C24H20BrCl2N3O3. The van der Waals surface area contributed by atoms with E-state index >= 15 is 0 Å². The quantitative estimate of drug-likeness (QED) is 0.246. The molecular weight excluding hydrogens is 529 g/mol. The molecule has 2 N–H and O–H groups in total. The number of nitrogens with zero attached hydrogens (tertiary/aromatic N) is 1. The maximum absolute atomic E-state index is 12.0. The summed E-state index contributed by atoms with van der Waals surface area (Å²) in [5.41, 5.74) is 4.64. The summed E-state index contributed by atoms with van der Waals surface area (Å²) >= 11 is 15.5. The Hall–Kier alpha value is -2.87. The molecule has 0 aromatic heterocycles. The van der Waals surface area contributed by atoms with Crippen LogP contribution in [0.3, 0.4) is 0 Å². The van der Waals surface area contributed by atoms with Crippen molar-refractivity contribution >= 4 is 62.8 Å². The minimum Gasteiger partial charge on any atom is -0.488 e. The van der Waals surface area contributed by atoms with Gasteiger partial charge in [0.1, 0.15) is 12.4 Å². The molecule has 33 heavy (non-hydrogen) atoms. The topological polar surface area (TPSA) is 79.8 Å². The number of carbonyl (C=O) groups excluding carboxylic acids is 2. The van der Waals surface area contributed by atoms with Crippen molar-refractivity contribution in [3.8, 4) is 5.75 Å². The molecule has 0 aliphatic heterocycles. The first-order valence-electron chi connectivity index (χ1n) is 9.94. The summed E-state index contributed by atoms with van der Waals surface area (Å²) in [6.45, 7) is 0.340. The average molecular weight is 549 g/mol. The zero-order valence-corrected chi connectivity index (χ0v) is 20.5. The standard InChI is InChI=1S/C24H20BrCl2N3O3/c25-20-12-16(8-9-22(20)33-15-17-4-1-2-7-21(17)27)14-28-30-24(32)11-10-23(31)29-19-6-3-5-18(26)13-19/h1-9,12-14H,10-11,15H2,(H,29,31)(H,30,32). The molecule has 3 rings (SSSR count). The fourth-order valence-corrected chi connectivity index (χ4v) is 3.63. The van der Waals surface area contributed by atoms with E-state index in [4.69, 9.17) is 27.9 Å². The lowest BCUT2D eigenvalue weighted by Crippen LogP contribution is -2.20. The Morgan fingerprint density at radius 3 is 2.52 bits per heavy atom. The zero-order valence-electron chi connectivity index (χ0n) is 17.4. The molecule has 0 fully saturated rings. The van der Waals surface area contributed by atoms with Crippen molar-refractivity contribution in [2.24, 2.45) is 5.10 Å². The number of carbonyl (C=O) groups is 2. The highest BCUT2D eigenvalue weighted by atomic mass is 79.9. The molecule has 9 heteroatoms. The van der Waals surface area contributed by atoms with Gasteiger partial charge in [-0.1, -0.05) is 47.5 Å². The van der Waals surface area contributed by atoms with Gasteiger partial charge in [-0.3, -0.25) is 9.59 Å². The third-order valence-corrected chi connectivity index (χ3v) is 5.61. The molecule has 0 saturated heterocycles. The van der Waals surface area contributed by atoms with Gasteiger partial charge in [0.15, 0.2) is 0 Å². The Kier molecular flexibility index (Phi) is 9.30. The molecule has 0 spiro atoms. The number of rotatable bonds is 9. The summed E-state index contributed by atoms with van der Waals surface area (Å²) in [6, 6.07) is 19.7. The lowest BCUT2D eigenvalue weighted by atomic mass is 10.2. The van der Waals surface area contributed by atoms with Crippen molar-refractivity contribution in [3.63, 3.8) is 0 Å². The van der Waals surface area contributed by atoms with Crippen LogP contribution in [0.25, 0.3) is 0 Å². The summed E-state index contributed by atoms with van der Waals surface area (Å²) in [7, 11) is 0. The minimum atomic E-state index is -0.369. The van der Waals surface area contributed by atoms with E-state index in [0.29, 0.717) is 28.1 Å². The van der Waals surface area contributed by atoms with Crippen LogP contribution in [-0.4, -0.2) is 18.0 Å². The van der Waals surface area contributed by atoms with E-state index < -0.39 is 0 Å². The lowest BCUT2D eigenvalue weighted by Gasteiger charge is -2.10. The zero-order chi connectivity index (χ0) is 23.6. The Labute approximate surface area is 210 Å². The SMILES string of the molecule is O=C(CCC(=O)Nc1cccc(Cl)c1)NN=Cc1ccc(OCc2ccccc2Cl)c(Br)c1. The van der Waals surface area contributed by atoms with Crippen molar-refractivity contribution in [1.82, 2.24) is 5.43 Å². The first kappa shape index (κ1) is 24.8. The lowest BCUT2D eigenvalue weighted by molar-refractivity contribution is -0.124. The smallest absolute Gasteiger partial charge is 0.240 e. The molecule has 3 aromatic rings. The maximum atomic E-state index is 12.0. The number of nitrogens with one attached hydrogen (secondary N) is 2. The first-order valence-corrected chi connectivity index (χ1v) is 11.5. The number of amides is 2. The third kappa shape index (κ3) is 8.20. The summed E-state index contributed by atoms with van der Waals surface area (Å²) in [4.78, 5) is 23.9. The van der Waals surface area contributed by atoms with Crippen LogP contribution >= 0.6 is 39.1 Å². The molecule has 3 aromatic carbocycles. The second kappa shape index (κ2) is 12.4. The average Bonchev–Trinajstić information content (AvgIpc) is 2.78. The molecule has 0 bridgehead atoms. The van der Waals surface area contributed by atoms with Crippen molar-refractivity contribution in [2.45, 2.75) is 19.4 Å². The van der Waals surface area contributed by atoms with Gasteiger partial charge >= 0.3 is 0 Å². The van der Waals surface area contributed by atoms with Gasteiger partial charge in [0.25, 0.3) is 0 Å². The molecule has 0 radical (unpaired) electrons. The van der Waals surface area contributed by atoms with E-state index in [2.05, 4.69) is 31.8 Å². The van der Waals surface area contributed by atoms with Gasteiger partial charge in [-0.25, -0.2) is 5.43 Å². The van der Waals surface area contributed by atoms with Crippen molar-refractivity contribution in [3.05, 3.63) is 92.4 Å². The van der Waals surface area contributed by atoms with Crippen LogP contribution in [0, 0.1) is 0 Å². The van der Waals surface area contributed by atoms with E-state index in [1.807, 2.05) is 30.3 Å². The highest BCUT2D eigenvalue weighted by Crippen LogP contribution is 2.27. The number of anilines is 1. The molecule has 0 heterocycles. The number of hydrogen-bond acceptors (Lipinski definition) is 4. The molecule has 0 unspecified atom stereocenters. The number of benzene rings is 3. The second-order valence-corrected chi connectivity index (χ2v) is 8.62. The van der Waals surface area contributed by atoms with Crippen molar-refractivity contribution in [1.29, 1.82) is 0 Å². The fraction of sp³-hybridized carbons (Fsp3) is 0.125. The Morgan fingerprint density at radius 2 is 1.76 bits per heavy atom. The van der Waals surface area contributed by atoms with Crippen molar-refractivity contribution in [2.75, 3.05) is 5.32 Å². The highest BCUT2D eigenvalue weighted by Gasteiger charge is 2.08. The minimum absolute atomic E-state index is 0.00224. The van der Waals surface area contributed by atoms with Crippen LogP contribution in [0.5, 0.6) is 5.75 Å². The van der Waals surface area contributed by atoms with Gasteiger partial charge in [-0.05, 0) is 64.0 Å². The van der Waals surface area contributed by atoms with Crippen LogP contribution in [0.15, 0.2) is 76.3 Å². The van der Waals surface area contributed by atoms with E-state index in [0.717, 1.165) is 15.6 Å². The molecule has 2 amide bonds. The highest BCUT2D eigenvalue weighted by molar-refractivity contribution is 9.10. The Morgan fingerprint density at radius 1 is 0.970 bits per heavy atom. The first-order chi connectivity index (χ1) is 15.9. The number of halogens is 3. The predicted molar refractivity (Wildman–Crippen MR) is 135 cm³/mol. The van der Waals surface area contributed by atoms with Crippen LogP contribution in [-0.2, 0) is 16.2 Å². The molecule has 6 nitrogen and oxygen atoms in total. The molecule has 170 valence electrons. The van der Waals surface area contributed by atoms with Gasteiger partial charge in [0.05, 0.1) is 10.7 Å². The van der Waals surface area contributed by atoms with E-state index in [1.165, 1.54) is 6.21 Å². The molecule has 0 atom stereocenters. The second-order valence-electron chi connectivity index (χ2n) is 6.92.